The molecule has 10 heteroatoms. The van der Waals surface area contributed by atoms with Crippen LogP contribution in [-0.2, 0) is 16.1 Å². The number of anilines is 1. The molecule has 0 bridgehead atoms. The number of rotatable bonds is 4. The minimum atomic E-state index is -0.947. The van der Waals surface area contributed by atoms with E-state index < -0.39 is 29.7 Å². The monoisotopic (exact) mass is 439 g/mol. The lowest BCUT2D eigenvalue weighted by Crippen LogP contribution is -2.39. The van der Waals surface area contributed by atoms with Gasteiger partial charge in [0, 0.05) is 10.6 Å². The Morgan fingerprint density at radius 2 is 1.90 bits per heavy atom. The molecule has 156 valence electrons. The molecule has 3 heterocycles. The van der Waals surface area contributed by atoms with Crippen LogP contribution >= 0.6 is 11.6 Å². The number of carbonyl (C=O) groups is 2. The van der Waals surface area contributed by atoms with Crippen molar-refractivity contribution in [3.05, 3.63) is 70.8 Å². The number of oxazole rings is 1. The molecule has 0 saturated carbocycles. The Morgan fingerprint density at radius 3 is 2.65 bits per heavy atom. The van der Waals surface area contributed by atoms with Gasteiger partial charge in [-0.3, -0.25) is 14.6 Å². The topological polar surface area (TPSA) is 91.4 Å². The van der Waals surface area contributed by atoms with Crippen molar-refractivity contribution in [1.29, 1.82) is 0 Å². The molecule has 1 aromatic heterocycles. The molecular weight excluding hydrogens is 425 g/mol. The Balaban J connectivity index is 1.40. The third-order valence-electron chi connectivity index (χ3n) is 5.22. The van der Waals surface area contributed by atoms with Gasteiger partial charge in [-0.15, -0.1) is 0 Å². The predicted octanol–water partition coefficient (Wildman–Crippen LogP) is 3.94. The van der Waals surface area contributed by atoms with E-state index in [0.29, 0.717) is 28.1 Å². The number of fused-ring (bicyclic) bond motifs is 1. The fourth-order valence-electron chi connectivity index (χ4n) is 3.67. The Hall–Kier alpha value is -3.59. The second-order valence-electron chi connectivity index (χ2n) is 7.21. The van der Waals surface area contributed by atoms with Crippen molar-refractivity contribution >= 4 is 29.1 Å². The highest BCUT2D eigenvalue weighted by Crippen LogP contribution is 2.33. The van der Waals surface area contributed by atoms with Crippen molar-refractivity contribution in [2.45, 2.75) is 25.6 Å². The molecule has 1 saturated heterocycles. The molecule has 1 fully saturated rings. The van der Waals surface area contributed by atoms with E-state index in [1.54, 1.807) is 25.1 Å². The first kappa shape index (κ1) is 19.4. The largest absolute Gasteiger partial charge is 0.441 e. The molecule has 2 atom stereocenters. The van der Waals surface area contributed by atoms with E-state index >= 15 is 0 Å². The van der Waals surface area contributed by atoms with Crippen LogP contribution in [0.25, 0.3) is 11.5 Å². The van der Waals surface area contributed by atoms with E-state index in [2.05, 4.69) is 15.3 Å². The highest BCUT2D eigenvalue weighted by Gasteiger charge is 2.54. The van der Waals surface area contributed by atoms with Gasteiger partial charge < -0.3 is 4.42 Å². The molecule has 0 unspecified atom stereocenters. The molecule has 8 nitrogen and oxygen atoms in total. The number of hydrogen-bond donors (Lipinski definition) is 0. The standard InChI is InChI=1S/C21H15ClFN5O3/c1-11-16(24-19(31-11)12-3-2-4-13(22)9-12)10-27-18-17(25-26-27)20(29)28(21(18)30)15-7-5-14(23)6-8-15/h2-9,17-18H,10H2,1H3/t17-,18-/m0/s1. The van der Waals surface area contributed by atoms with Crippen LogP contribution in [0.5, 0.6) is 0 Å². The summed E-state index contributed by atoms with van der Waals surface area (Å²) in [5.41, 5.74) is 1.58. The van der Waals surface area contributed by atoms with Gasteiger partial charge in [0.25, 0.3) is 11.8 Å². The van der Waals surface area contributed by atoms with Crippen LogP contribution in [-0.4, -0.2) is 33.9 Å². The highest BCUT2D eigenvalue weighted by molar-refractivity contribution is 6.30. The van der Waals surface area contributed by atoms with Crippen molar-refractivity contribution in [3.63, 3.8) is 0 Å². The summed E-state index contributed by atoms with van der Waals surface area (Å²) in [6, 6.07) is 10.4. The zero-order chi connectivity index (χ0) is 21.7. The van der Waals surface area contributed by atoms with Crippen LogP contribution in [0.4, 0.5) is 10.1 Å². The van der Waals surface area contributed by atoms with E-state index in [9.17, 15) is 14.0 Å². The molecule has 3 aromatic rings. The van der Waals surface area contributed by atoms with E-state index in [1.807, 2.05) is 6.07 Å². The van der Waals surface area contributed by atoms with Gasteiger partial charge in [0.15, 0.2) is 12.1 Å². The Morgan fingerprint density at radius 1 is 1.13 bits per heavy atom. The second-order valence-corrected chi connectivity index (χ2v) is 7.65. The van der Waals surface area contributed by atoms with Gasteiger partial charge in [-0.2, -0.15) is 5.11 Å². The molecular formula is C21H15ClFN5O3. The maximum absolute atomic E-state index is 13.2. The second kappa shape index (κ2) is 7.28. The number of amides is 2. The number of halogens is 2. The van der Waals surface area contributed by atoms with Crippen molar-refractivity contribution in [1.82, 2.24) is 9.99 Å². The Bertz CT molecular complexity index is 1230. The fourth-order valence-corrected chi connectivity index (χ4v) is 3.86. The first-order valence-corrected chi connectivity index (χ1v) is 9.83. The van der Waals surface area contributed by atoms with E-state index in [0.717, 1.165) is 10.5 Å². The summed E-state index contributed by atoms with van der Waals surface area (Å²) in [4.78, 5) is 31.3. The third kappa shape index (κ3) is 3.27. The Labute approximate surface area is 180 Å². The fraction of sp³-hybridized carbons (Fsp3) is 0.190. The molecule has 0 aliphatic carbocycles. The summed E-state index contributed by atoms with van der Waals surface area (Å²) in [6.07, 6.45) is 0. The number of nitrogens with zero attached hydrogens (tertiary/aromatic N) is 5. The van der Waals surface area contributed by atoms with Crippen LogP contribution in [0.3, 0.4) is 0 Å². The maximum atomic E-state index is 13.2. The van der Waals surface area contributed by atoms with Crippen LogP contribution < -0.4 is 4.90 Å². The number of aromatic nitrogens is 1. The molecule has 0 radical (unpaired) electrons. The third-order valence-corrected chi connectivity index (χ3v) is 5.45. The van der Waals surface area contributed by atoms with Gasteiger partial charge in [0.1, 0.15) is 17.3 Å². The van der Waals surface area contributed by atoms with Gasteiger partial charge in [0.2, 0.25) is 5.89 Å². The summed E-state index contributed by atoms with van der Waals surface area (Å²) in [5, 5.41) is 10.0. The average Bonchev–Trinajstić information content (AvgIpc) is 3.40. The number of hydrogen-bond acceptors (Lipinski definition) is 7. The van der Waals surface area contributed by atoms with Crippen molar-refractivity contribution in [2.24, 2.45) is 10.3 Å². The number of imide groups is 1. The molecule has 2 amide bonds. The average molecular weight is 440 g/mol. The normalized spacial score (nSPS) is 20.1. The van der Waals surface area contributed by atoms with Crippen molar-refractivity contribution in [2.75, 3.05) is 4.90 Å². The zero-order valence-electron chi connectivity index (χ0n) is 16.2. The molecule has 31 heavy (non-hydrogen) atoms. The van der Waals surface area contributed by atoms with Gasteiger partial charge in [-0.1, -0.05) is 22.9 Å². The van der Waals surface area contributed by atoms with Gasteiger partial charge >= 0.3 is 0 Å². The molecule has 0 spiro atoms. The lowest BCUT2D eigenvalue weighted by atomic mass is 10.1. The minimum absolute atomic E-state index is 0.136. The van der Waals surface area contributed by atoms with E-state index in [-0.39, 0.29) is 6.54 Å². The van der Waals surface area contributed by atoms with Crippen LogP contribution in [0, 0.1) is 12.7 Å². The quantitative estimate of drug-likeness (QED) is 0.574. The van der Waals surface area contributed by atoms with Crippen LogP contribution in [0.2, 0.25) is 5.02 Å². The predicted molar refractivity (Wildman–Crippen MR) is 109 cm³/mol. The number of carbonyl (C=O) groups excluding carboxylic acids is 2. The van der Waals surface area contributed by atoms with Crippen molar-refractivity contribution < 1.29 is 18.4 Å². The van der Waals surface area contributed by atoms with Gasteiger partial charge in [-0.25, -0.2) is 14.3 Å². The summed E-state index contributed by atoms with van der Waals surface area (Å²) in [5.74, 6) is -0.473. The summed E-state index contributed by atoms with van der Waals surface area (Å²) >= 11 is 6.04. The molecule has 5 rings (SSSR count). The number of aryl methyl sites for hydroxylation is 1. The summed E-state index contributed by atoms with van der Waals surface area (Å²) in [6.45, 7) is 1.89. The van der Waals surface area contributed by atoms with Crippen LogP contribution in [0.1, 0.15) is 11.5 Å². The molecule has 2 aliphatic rings. The van der Waals surface area contributed by atoms with E-state index in [1.165, 1.54) is 29.3 Å². The lowest BCUT2D eigenvalue weighted by molar-refractivity contribution is -0.123. The maximum Gasteiger partial charge on any atom is 0.263 e. The highest BCUT2D eigenvalue weighted by atomic mass is 35.5. The molecule has 0 N–H and O–H groups in total. The van der Waals surface area contributed by atoms with E-state index in [4.69, 9.17) is 16.0 Å². The van der Waals surface area contributed by atoms with Gasteiger partial charge in [0.05, 0.1) is 12.2 Å². The molecule has 2 aliphatic heterocycles. The van der Waals surface area contributed by atoms with Crippen LogP contribution in [0.15, 0.2) is 63.3 Å². The van der Waals surface area contributed by atoms with Gasteiger partial charge in [-0.05, 0) is 49.4 Å². The summed E-state index contributed by atoms with van der Waals surface area (Å²) < 4.78 is 19.0. The number of benzene rings is 2. The smallest absolute Gasteiger partial charge is 0.263 e. The first-order chi connectivity index (χ1) is 14.9. The molecule has 2 aromatic carbocycles. The lowest BCUT2D eigenvalue weighted by Gasteiger charge is -2.19. The minimum Gasteiger partial charge on any atom is -0.441 e. The zero-order valence-corrected chi connectivity index (χ0v) is 17.0. The SMILES string of the molecule is Cc1oc(-c2cccc(Cl)c2)nc1CN1N=N[C@@H]2C(=O)N(c3ccc(F)cc3)C(=O)[C@H]21. The van der Waals surface area contributed by atoms with Crippen molar-refractivity contribution in [3.8, 4) is 11.5 Å². The first-order valence-electron chi connectivity index (χ1n) is 9.45. The summed E-state index contributed by atoms with van der Waals surface area (Å²) in [7, 11) is 0. The Kier molecular flexibility index (Phi) is 4.55.